The van der Waals surface area contributed by atoms with E-state index in [1.807, 2.05) is 6.92 Å². The van der Waals surface area contributed by atoms with Crippen LogP contribution in [0.15, 0.2) is 0 Å². The molecule has 3 N–H and O–H groups in total. The van der Waals surface area contributed by atoms with Crippen molar-refractivity contribution in [1.29, 1.82) is 5.41 Å². The third-order valence-corrected chi connectivity index (χ3v) is 1.49. The Labute approximate surface area is 50.6 Å². The molecule has 8 heavy (non-hydrogen) atoms. The van der Waals surface area contributed by atoms with Gasteiger partial charge < -0.3 is 5.73 Å². The molecular weight excluding hydrogens is 100 g/mol. The minimum absolute atomic E-state index is 0.231. The molecule has 0 aliphatic carbocycles. The Hall–Kier alpha value is -0.530. The van der Waals surface area contributed by atoms with Crippen molar-refractivity contribution in [3.63, 3.8) is 0 Å². The average Bonchev–Trinajstić information content (AvgIpc) is 1.64. The van der Waals surface area contributed by atoms with E-state index in [0.29, 0.717) is 11.8 Å². The summed E-state index contributed by atoms with van der Waals surface area (Å²) in [5.41, 5.74) is 5.22. The van der Waals surface area contributed by atoms with Gasteiger partial charge in [-0.1, -0.05) is 20.8 Å². The van der Waals surface area contributed by atoms with E-state index in [9.17, 15) is 0 Å². The lowest BCUT2D eigenvalue weighted by Gasteiger charge is -2.11. The molecule has 2 heteroatoms. The Morgan fingerprint density at radius 1 is 1.38 bits per heavy atom. The smallest absolute Gasteiger partial charge is 0.0936 e. The normalized spacial score (nSPS) is 14.0. The van der Waals surface area contributed by atoms with Crippen molar-refractivity contribution in [3.8, 4) is 0 Å². The minimum Gasteiger partial charge on any atom is -0.387 e. The predicted octanol–water partition coefficient (Wildman–Crippen LogP) is 1.21. The molecule has 0 aliphatic rings. The van der Waals surface area contributed by atoms with Crippen LogP contribution in [0.2, 0.25) is 0 Å². The number of hydrogen-bond acceptors (Lipinski definition) is 1. The topological polar surface area (TPSA) is 49.9 Å². The van der Waals surface area contributed by atoms with Crippen LogP contribution in [0, 0.1) is 17.2 Å². The Kier molecular flexibility index (Phi) is 2.52. The summed E-state index contributed by atoms with van der Waals surface area (Å²) >= 11 is 0. The van der Waals surface area contributed by atoms with Gasteiger partial charge in [0.05, 0.1) is 5.84 Å². The molecule has 1 unspecified atom stereocenters. The second kappa shape index (κ2) is 2.70. The fourth-order valence-electron chi connectivity index (χ4n) is 0.359. The molecule has 0 aromatic heterocycles. The molecular formula is C6H14N2. The van der Waals surface area contributed by atoms with Crippen LogP contribution in [0.1, 0.15) is 20.8 Å². The number of nitrogens with one attached hydrogen (secondary N) is 1. The van der Waals surface area contributed by atoms with Crippen LogP contribution >= 0.6 is 0 Å². The highest BCUT2D eigenvalue weighted by Crippen LogP contribution is 2.07. The third-order valence-electron chi connectivity index (χ3n) is 1.49. The van der Waals surface area contributed by atoms with Crippen molar-refractivity contribution in [2.75, 3.05) is 0 Å². The van der Waals surface area contributed by atoms with Gasteiger partial charge in [-0.2, -0.15) is 0 Å². The number of amidine groups is 1. The van der Waals surface area contributed by atoms with Gasteiger partial charge in [-0.3, -0.25) is 5.41 Å². The highest BCUT2D eigenvalue weighted by Gasteiger charge is 2.08. The van der Waals surface area contributed by atoms with Crippen molar-refractivity contribution in [1.82, 2.24) is 0 Å². The van der Waals surface area contributed by atoms with E-state index in [4.69, 9.17) is 11.1 Å². The molecule has 1 atom stereocenters. The fourth-order valence-corrected chi connectivity index (χ4v) is 0.359. The number of hydrogen-bond donors (Lipinski definition) is 2. The first kappa shape index (κ1) is 7.47. The van der Waals surface area contributed by atoms with E-state index in [2.05, 4.69) is 13.8 Å². The van der Waals surface area contributed by atoms with E-state index < -0.39 is 0 Å². The van der Waals surface area contributed by atoms with E-state index in [-0.39, 0.29) is 5.92 Å². The molecule has 0 saturated heterocycles. The van der Waals surface area contributed by atoms with Gasteiger partial charge in [-0.25, -0.2) is 0 Å². The van der Waals surface area contributed by atoms with Crippen LogP contribution < -0.4 is 5.73 Å². The van der Waals surface area contributed by atoms with E-state index in [1.54, 1.807) is 0 Å². The molecule has 0 fully saturated rings. The Morgan fingerprint density at radius 2 is 1.75 bits per heavy atom. The van der Waals surface area contributed by atoms with E-state index >= 15 is 0 Å². The Balaban J connectivity index is 3.64. The molecule has 0 radical (unpaired) electrons. The van der Waals surface area contributed by atoms with Gasteiger partial charge in [-0.05, 0) is 5.92 Å². The summed E-state index contributed by atoms with van der Waals surface area (Å²) in [6.07, 6.45) is 0. The van der Waals surface area contributed by atoms with Crippen LogP contribution in [0.5, 0.6) is 0 Å². The second-order valence-electron chi connectivity index (χ2n) is 2.49. The zero-order valence-electron chi connectivity index (χ0n) is 5.73. The van der Waals surface area contributed by atoms with E-state index in [1.165, 1.54) is 0 Å². The summed E-state index contributed by atoms with van der Waals surface area (Å²) in [5, 5.41) is 7.01. The lowest BCUT2D eigenvalue weighted by molar-refractivity contribution is 0.527. The van der Waals surface area contributed by atoms with Gasteiger partial charge in [0.1, 0.15) is 0 Å². The molecule has 0 rings (SSSR count). The first-order valence-corrected chi connectivity index (χ1v) is 2.89. The van der Waals surface area contributed by atoms with Crippen molar-refractivity contribution >= 4 is 5.84 Å². The first-order chi connectivity index (χ1) is 3.55. The maximum absolute atomic E-state index is 7.01. The predicted molar refractivity (Wildman–Crippen MR) is 35.9 cm³/mol. The highest BCUT2D eigenvalue weighted by atomic mass is 14.7. The van der Waals surface area contributed by atoms with Crippen LogP contribution in [0.3, 0.4) is 0 Å². The standard InChI is InChI=1S/C6H14N2/c1-4(2)5(3)6(7)8/h4-5H,1-3H3,(H3,7,8). The zero-order valence-corrected chi connectivity index (χ0v) is 5.73. The Morgan fingerprint density at radius 3 is 1.75 bits per heavy atom. The molecule has 0 spiro atoms. The summed E-state index contributed by atoms with van der Waals surface area (Å²) < 4.78 is 0. The molecule has 2 nitrogen and oxygen atoms in total. The van der Waals surface area contributed by atoms with Crippen molar-refractivity contribution in [3.05, 3.63) is 0 Å². The highest BCUT2D eigenvalue weighted by molar-refractivity contribution is 5.79. The lowest BCUT2D eigenvalue weighted by atomic mass is 9.97. The summed E-state index contributed by atoms with van der Waals surface area (Å²) in [7, 11) is 0. The van der Waals surface area contributed by atoms with Gasteiger partial charge in [-0.15, -0.1) is 0 Å². The maximum Gasteiger partial charge on any atom is 0.0936 e. The molecule has 48 valence electrons. The monoisotopic (exact) mass is 114 g/mol. The minimum atomic E-state index is 0.231. The van der Waals surface area contributed by atoms with Crippen molar-refractivity contribution < 1.29 is 0 Å². The largest absolute Gasteiger partial charge is 0.387 e. The molecule has 0 heterocycles. The van der Waals surface area contributed by atoms with E-state index in [0.717, 1.165) is 0 Å². The third kappa shape index (κ3) is 1.96. The van der Waals surface area contributed by atoms with Crippen molar-refractivity contribution in [2.24, 2.45) is 17.6 Å². The molecule has 0 aromatic rings. The average molecular weight is 114 g/mol. The Bertz CT molecular complexity index is 86.5. The summed E-state index contributed by atoms with van der Waals surface area (Å²) in [6, 6.07) is 0. The summed E-state index contributed by atoms with van der Waals surface area (Å²) in [5.74, 6) is 1.02. The molecule has 0 aliphatic heterocycles. The quantitative estimate of drug-likeness (QED) is 0.411. The zero-order chi connectivity index (χ0) is 6.73. The number of nitrogens with two attached hydrogens (primary N) is 1. The SMILES string of the molecule is CC(C)C(C)C(=N)N. The molecule has 0 bridgehead atoms. The van der Waals surface area contributed by atoms with Crippen molar-refractivity contribution in [2.45, 2.75) is 20.8 Å². The molecule has 0 amide bonds. The summed E-state index contributed by atoms with van der Waals surface area (Å²) in [4.78, 5) is 0. The van der Waals surface area contributed by atoms with Gasteiger partial charge in [0.25, 0.3) is 0 Å². The van der Waals surface area contributed by atoms with Crippen LogP contribution in [0.25, 0.3) is 0 Å². The lowest BCUT2D eigenvalue weighted by Crippen LogP contribution is -2.23. The van der Waals surface area contributed by atoms with Gasteiger partial charge in [0, 0.05) is 5.92 Å². The van der Waals surface area contributed by atoms with Gasteiger partial charge in [0.2, 0.25) is 0 Å². The second-order valence-corrected chi connectivity index (χ2v) is 2.49. The summed E-state index contributed by atoms with van der Waals surface area (Å²) in [6.45, 7) is 6.09. The van der Waals surface area contributed by atoms with Gasteiger partial charge >= 0.3 is 0 Å². The number of rotatable bonds is 2. The maximum atomic E-state index is 7.01. The fraction of sp³-hybridized carbons (Fsp3) is 0.833. The van der Waals surface area contributed by atoms with Crippen LogP contribution in [0.4, 0.5) is 0 Å². The molecule has 0 aromatic carbocycles. The first-order valence-electron chi connectivity index (χ1n) is 2.89. The van der Waals surface area contributed by atoms with Crippen LogP contribution in [-0.4, -0.2) is 5.84 Å². The van der Waals surface area contributed by atoms with Gasteiger partial charge in [0.15, 0.2) is 0 Å². The van der Waals surface area contributed by atoms with Crippen LogP contribution in [-0.2, 0) is 0 Å². The molecule has 0 saturated carbocycles.